The first kappa shape index (κ1) is 22.1. The van der Waals surface area contributed by atoms with Gasteiger partial charge in [-0.2, -0.15) is 0 Å². The fraction of sp³-hybridized carbons (Fsp3) is 0.333. The SMILES string of the molecule is Cc1cc(C)cc(N2C(=O)C(SCCO)=C(c3ccc(OCC(C)C)cc3)C2=O)c1. The van der Waals surface area contributed by atoms with Crippen LogP contribution in [0.2, 0.25) is 0 Å². The van der Waals surface area contributed by atoms with Crippen molar-refractivity contribution in [2.24, 2.45) is 5.92 Å². The Kier molecular flexibility index (Phi) is 7.00. The summed E-state index contributed by atoms with van der Waals surface area (Å²) in [7, 11) is 0. The summed E-state index contributed by atoms with van der Waals surface area (Å²) >= 11 is 1.21. The van der Waals surface area contributed by atoms with Crippen LogP contribution in [0.15, 0.2) is 47.4 Å². The van der Waals surface area contributed by atoms with Gasteiger partial charge in [0.15, 0.2) is 0 Å². The second kappa shape index (κ2) is 9.49. The highest BCUT2D eigenvalue weighted by Gasteiger charge is 2.40. The number of ether oxygens (including phenoxy) is 1. The van der Waals surface area contributed by atoms with Crippen molar-refractivity contribution >= 4 is 34.8 Å². The predicted octanol–water partition coefficient (Wildman–Crippen LogP) is 4.35. The Balaban J connectivity index is 1.97. The van der Waals surface area contributed by atoms with Gasteiger partial charge in [-0.1, -0.05) is 32.0 Å². The smallest absolute Gasteiger partial charge is 0.272 e. The van der Waals surface area contributed by atoms with Gasteiger partial charge >= 0.3 is 0 Å². The number of benzene rings is 2. The van der Waals surface area contributed by atoms with Crippen LogP contribution < -0.4 is 9.64 Å². The number of rotatable bonds is 8. The lowest BCUT2D eigenvalue weighted by molar-refractivity contribution is -0.119. The number of carbonyl (C=O) groups is 2. The molecule has 0 bridgehead atoms. The van der Waals surface area contributed by atoms with E-state index in [2.05, 4.69) is 13.8 Å². The first-order valence-electron chi connectivity index (χ1n) is 10.00. The van der Waals surface area contributed by atoms with E-state index in [-0.39, 0.29) is 18.4 Å². The van der Waals surface area contributed by atoms with Crippen molar-refractivity contribution in [2.75, 3.05) is 23.9 Å². The highest BCUT2D eigenvalue weighted by Crippen LogP contribution is 2.39. The van der Waals surface area contributed by atoms with Crippen LogP contribution in [0.3, 0.4) is 0 Å². The van der Waals surface area contributed by atoms with Crippen LogP contribution >= 0.6 is 11.8 Å². The lowest BCUT2D eigenvalue weighted by Crippen LogP contribution is -2.31. The molecule has 0 radical (unpaired) electrons. The van der Waals surface area contributed by atoms with Crippen molar-refractivity contribution in [3.63, 3.8) is 0 Å². The molecule has 2 aromatic carbocycles. The molecular formula is C24H27NO4S. The Morgan fingerprint density at radius 1 is 1.00 bits per heavy atom. The molecule has 5 nitrogen and oxygen atoms in total. The van der Waals surface area contributed by atoms with Crippen LogP contribution in [0.1, 0.15) is 30.5 Å². The van der Waals surface area contributed by atoms with E-state index in [9.17, 15) is 14.7 Å². The Bertz CT molecular complexity index is 959. The number of thioether (sulfide) groups is 1. The van der Waals surface area contributed by atoms with Gasteiger partial charge in [-0.25, -0.2) is 4.90 Å². The zero-order valence-corrected chi connectivity index (χ0v) is 18.6. The van der Waals surface area contributed by atoms with Gasteiger partial charge in [0.1, 0.15) is 5.75 Å². The first-order chi connectivity index (χ1) is 14.3. The van der Waals surface area contributed by atoms with E-state index < -0.39 is 0 Å². The molecule has 3 rings (SSSR count). The summed E-state index contributed by atoms with van der Waals surface area (Å²) in [6, 6.07) is 12.9. The summed E-state index contributed by atoms with van der Waals surface area (Å²) in [5.74, 6) is 0.781. The molecule has 1 heterocycles. The van der Waals surface area contributed by atoms with Gasteiger partial charge in [0, 0.05) is 5.75 Å². The summed E-state index contributed by atoms with van der Waals surface area (Å²) in [5, 5.41) is 9.26. The average molecular weight is 426 g/mol. The molecule has 6 heteroatoms. The second-order valence-electron chi connectivity index (χ2n) is 7.80. The minimum Gasteiger partial charge on any atom is -0.493 e. The molecule has 0 saturated carbocycles. The number of aryl methyl sites for hydroxylation is 2. The van der Waals surface area contributed by atoms with E-state index in [1.165, 1.54) is 16.7 Å². The van der Waals surface area contributed by atoms with Gasteiger partial charge in [0.05, 0.1) is 29.4 Å². The molecular weight excluding hydrogens is 398 g/mol. The molecule has 158 valence electrons. The number of amides is 2. The van der Waals surface area contributed by atoms with Crippen molar-refractivity contribution < 1.29 is 19.4 Å². The molecule has 2 amide bonds. The number of imide groups is 1. The van der Waals surface area contributed by atoms with Crippen molar-refractivity contribution in [3.05, 3.63) is 64.1 Å². The maximum atomic E-state index is 13.4. The number of hydrogen-bond donors (Lipinski definition) is 1. The molecule has 30 heavy (non-hydrogen) atoms. The van der Waals surface area contributed by atoms with Crippen molar-refractivity contribution in [1.29, 1.82) is 0 Å². The van der Waals surface area contributed by atoms with E-state index >= 15 is 0 Å². The molecule has 0 aromatic heterocycles. The van der Waals surface area contributed by atoms with Gasteiger partial charge in [-0.05, 0) is 60.7 Å². The largest absolute Gasteiger partial charge is 0.493 e. The van der Waals surface area contributed by atoms with E-state index in [0.29, 0.717) is 40.0 Å². The average Bonchev–Trinajstić information content (AvgIpc) is 2.94. The number of aliphatic hydroxyl groups excluding tert-OH is 1. The maximum Gasteiger partial charge on any atom is 0.272 e. The molecule has 2 aromatic rings. The van der Waals surface area contributed by atoms with E-state index in [1.807, 2.05) is 44.2 Å². The topological polar surface area (TPSA) is 66.8 Å². The molecule has 1 aliphatic rings. The molecule has 1 N–H and O–H groups in total. The Labute approximate surface area is 181 Å². The molecule has 0 unspecified atom stereocenters. The summed E-state index contributed by atoms with van der Waals surface area (Å²) in [6.07, 6.45) is 0. The molecule has 1 aliphatic heterocycles. The normalized spacial score (nSPS) is 14.3. The molecule has 0 aliphatic carbocycles. The zero-order valence-electron chi connectivity index (χ0n) is 17.8. The highest BCUT2D eigenvalue weighted by atomic mass is 32.2. The van der Waals surface area contributed by atoms with Gasteiger partial charge < -0.3 is 9.84 Å². The monoisotopic (exact) mass is 425 g/mol. The Hall–Kier alpha value is -2.57. The minimum absolute atomic E-state index is 0.0749. The second-order valence-corrected chi connectivity index (χ2v) is 8.90. The fourth-order valence-corrected chi connectivity index (χ4v) is 4.20. The minimum atomic E-state index is -0.349. The third kappa shape index (κ3) is 4.77. The number of carbonyl (C=O) groups excluding carboxylic acids is 2. The standard InChI is InChI=1S/C24H27NO4S/c1-15(2)14-29-20-7-5-18(6-8-20)21-22(30-10-9-26)24(28)25(23(21)27)19-12-16(3)11-17(4)13-19/h5-8,11-13,15,26H,9-10,14H2,1-4H3. The van der Waals surface area contributed by atoms with E-state index in [0.717, 1.165) is 16.9 Å². The van der Waals surface area contributed by atoms with Gasteiger partial charge in [-0.15, -0.1) is 11.8 Å². The van der Waals surface area contributed by atoms with Crippen LogP contribution in [0, 0.1) is 19.8 Å². The Morgan fingerprint density at radius 2 is 1.63 bits per heavy atom. The first-order valence-corrected chi connectivity index (χ1v) is 11.0. The van der Waals surface area contributed by atoms with Crippen LogP contribution in [0.25, 0.3) is 5.57 Å². The van der Waals surface area contributed by atoms with Gasteiger partial charge in [-0.3, -0.25) is 9.59 Å². The number of hydrogen-bond acceptors (Lipinski definition) is 5. The van der Waals surface area contributed by atoms with Crippen molar-refractivity contribution in [2.45, 2.75) is 27.7 Å². The van der Waals surface area contributed by atoms with Crippen LogP contribution in [-0.4, -0.2) is 35.9 Å². The maximum absolute atomic E-state index is 13.4. The summed E-state index contributed by atoms with van der Waals surface area (Å²) in [6.45, 7) is 8.56. The zero-order chi connectivity index (χ0) is 21.8. The third-order valence-corrected chi connectivity index (χ3v) is 5.62. The van der Waals surface area contributed by atoms with Crippen molar-refractivity contribution in [1.82, 2.24) is 0 Å². The molecule has 0 spiro atoms. The van der Waals surface area contributed by atoms with Gasteiger partial charge in [0.2, 0.25) is 0 Å². The number of anilines is 1. The fourth-order valence-electron chi connectivity index (χ4n) is 3.34. The van der Waals surface area contributed by atoms with Crippen LogP contribution in [-0.2, 0) is 9.59 Å². The third-order valence-electron chi connectivity index (χ3n) is 4.57. The molecule has 0 atom stereocenters. The lowest BCUT2D eigenvalue weighted by Gasteiger charge is -2.17. The van der Waals surface area contributed by atoms with E-state index in [1.54, 1.807) is 12.1 Å². The molecule has 0 saturated heterocycles. The quantitative estimate of drug-likeness (QED) is 0.637. The lowest BCUT2D eigenvalue weighted by atomic mass is 10.1. The summed E-state index contributed by atoms with van der Waals surface area (Å²) in [5.41, 5.74) is 3.56. The number of nitrogens with zero attached hydrogens (tertiary/aromatic N) is 1. The number of aliphatic hydroxyl groups is 1. The highest BCUT2D eigenvalue weighted by molar-refractivity contribution is 8.04. The van der Waals surface area contributed by atoms with Crippen LogP contribution in [0.4, 0.5) is 5.69 Å². The van der Waals surface area contributed by atoms with Crippen molar-refractivity contribution in [3.8, 4) is 5.75 Å². The summed E-state index contributed by atoms with van der Waals surface area (Å²) < 4.78 is 5.72. The summed E-state index contributed by atoms with van der Waals surface area (Å²) in [4.78, 5) is 28.1. The predicted molar refractivity (Wildman–Crippen MR) is 122 cm³/mol. The molecule has 0 fully saturated rings. The van der Waals surface area contributed by atoms with Gasteiger partial charge in [0.25, 0.3) is 11.8 Å². The van der Waals surface area contributed by atoms with Crippen LogP contribution in [0.5, 0.6) is 5.75 Å². The Morgan fingerprint density at radius 3 is 2.20 bits per heavy atom. The van der Waals surface area contributed by atoms with E-state index in [4.69, 9.17) is 4.74 Å².